The van der Waals surface area contributed by atoms with E-state index in [1.165, 1.54) is 4.90 Å². The van der Waals surface area contributed by atoms with Crippen molar-refractivity contribution < 1.29 is 14.7 Å². The molecule has 1 amide bonds. The quantitative estimate of drug-likeness (QED) is 0.821. The highest BCUT2D eigenvalue weighted by molar-refractivity contribution is 5.99. The second-order valence-corrected chi connectivity index (χ2v) is 3.90. The van der Waals surface area contributed by atoms with Crippen LogP contribution in [0.3, 0.4) is 0 Å². The SMILES string of the molecule is N#Cc1ccc(N2CC(C(=O)O)CC2=O)cc1. The molecule has 5 nitrogen and oxygen atoms in total. The fourth-order valence-corrected chi connectivity index (χ4v) is 1.84. The molecule has 0 aliphatic carbocycles. The molecule has 0 spiro atoms. The number of carbonyl (C=O) groups is 2. The first-order chi connectivity index (χ1) is 8.11. The van der Waals surface area contributed by atoms with Crippen molar-refractivity contribution in [2.75, 3.05) is 11.4 Å². The van der Waals surface area contributed by atoms with E-state index in [0.717, 1.165) is 0 Å². The molecule has 2 rings (SSSR count). The van der Waals surface area contributed by atoms with Gasteiger partial charge >= 0.3 is 5.97 Å². The molecule has 1 aliphatic rings. The summed E-state index contributed by atoms with van der Waals surface area (Å²) in [4.78, 5) is 23.9. The average Bonchev–Trinajstić information content (AvgIpc) is 2.72. The van der Waals surface area contributed by atoms with Crippen LogP contribution in [0.1, 0.15) is 12.0 Å². The summed E-state index contributed by atoms with van der Waals surface area (Å²) in [5, 5.41) is 17.5. The van der Waals surface area contributed by atoms with Gasteiger partial charge in [0.25, 0.3) is 0 Å². The predicted octanol–water partition coefficient (Wildman–Crippen LogP) is 0.996. The summed E-state index contributed by atoms with van der Waals surface area (Å²) in [6, 6.07) is 8.51. The summed E-state index contributed by atoms with van der Waals surface area (Å²) >= 11 is 0. The summed E-state index contributed by atoms with van der Waals surface area (Å²) in [5.74, 6) is -1.78. The first-order valence-corrected chi connectivity index (χ1v) is 5.15. The third kappa shape index (κ3) is 2.11. The molecule has 0 saturated carbocycles. The number of hydrogen-bond acceptors (Lipinski definition) is 3. The molecular weight excluding hydrogens is 220 g/mol. The van der Waals surface area contributed by atoms with Crippen LogP contribution in [-0.4, -0.2) is 23.5 Å². The second kappa shape index (κ2) is 4.26. The highest BCUT2D eigenvalue weighted by Crippen LogP contribution is 2.25. The number of hydrogen-bond donors (Lipinski definition) is 1. The van der Waals surface area contributed by atoms with Crippen molar-refractivity contribution >= 4 is 17.6 Å². The van der Waals surface area contributed by atoms with Gasteiger partial charge < -0.3 is 10.0 Å². The lowest BCUT2D eigenvalue weighted by molar-refractivity contribution is -0.141. The number of carbonyl (C=O) groups excluding carboxylic acids is 1. The van der Waals surface area contributed by atoms with Gasteiger partial charge in [0.05, 0.1) is 17.6 Å². The van der Waals surface area contributed by atoms with Crippen LogP contribution in [0.15, 0.2) is 24.3 Å². The number of amides is 1. The Labute approximate surface area is 97.9 Å². The topological polar surface area (TPSA) is 81.4 Å². The molecule has 1 saturated heterocycles. The van der Waals surface area contributed by atoms with E-state index in [0.29, 0.717) is 11.3 Å². The second-order valence-electron chi connectivity index (χ2n) is 3.90. The molecule has 1 N–H and O–H groups in total. The van der Waals surface area contributed by atoms with Gasteiger partial charge in [-0.15, -0.1) is 0 Å². The van der Waals surface area contributed by atoms with E-state index in [2.05, 4.69) is 0 Å². The molecule has 1 aliphatic heterocycles. The Hall–Kier alpha value is -2.35. The van der Waals surface area contributed by atoms with Gasteiger partial charge in [-0.2, -0.15) is 5.26 Å². The van der Waals surface area contributed by atoms with Crippen LogP contribution >= 0.6 is 0 Å². The van der Waals surface area contributed by atoms with Crippen LogP contribution in [0, 0.1) is 17.2 Å². The van der Waals surface area contributed by atoms with Crippen molar-refractivity contribution in [3.05, 3.63) is 29.8 Å². The van der Waals surface area contributed by atoms with Gasteiger partial charge in [-0.3, -0.25) is 9.59 Å². The fraction of sp³-hybridized carbons (Fsp3) is 0.250. The van der Waals surface area contributed by atoms with Crippen molar-refractivity contribution in [3.8, 4) is 6.07 Å². The third-order valence-electron chi connectivity index (χ3n) is 2.78. The normalized spacial score (nSPS) is 19.1. The Balaban J connectivity index is 2.20. The Bertz CT molecular complexity index is 501. The third-order valence-corrected chi connectivity index (χ3v) is 2.78. The first-order valence-electron chi connectivity index (χ1n) is 5.15. The Kier molecular flexibility index (Phi) is 2.79. The standard InChI is InChI=1S/C12H10N2O3/c13-6-8-1-3-10(4-2-8)14-7-9(12(16)17)5-11(14)15/h1-4,9H,5,7H2,(H,16,17). The number of nitrogens with zero attached hydrogens (tertiary/aromatic N) is 2. The smallest absolute Gasteiger partial charge is 0.308 e. The monoisotopic (exact) mass is 230 g/mol. The molecule has 1 aromatic carbocycles. The molecule has 1 heterocycles. The van der Waals surface area contributed by atoms with E-state index in [4.69, 9.17) is 10.4 Å². The zero-order chi connectivity index (χ0) is 12.4. The molecule has 17 heavy (non-hydrogen) atoms. The largest absolute Gasteiger partial charge is 0.481 e. The Morgan fingerprint density at radius 2 is 2.06 bits per heavy atom. The van der Waals surface area contributed by atoms with E-state index in [-0.39, 0.29) is 18.9 Å². The van der Waals surface area contributed by atoms with E-state index in [9.17, 15) is 9.59 Å². The summed E-state index contributed by atoms with van der Waals surface area (Å²) in [6.07, 6.45) is 0.0370. The van der Waals surface area contributed by atoms with Crippen molar-refractivity contribution in [2.24, 2.45) is 5.92 Å². The van der Waals surface area contributed by atoms with Crippen LogP contribution < -0.4 is 4.90 Å². The van der Waals surface area contributed by atoms with Gasteiger partial charge in [0.1, 0.15) is 0 Å². The van der Waals surface area contributed by atoms with Gasteiger partial charge in [0, 0.05) is 18.7 Å². The van der Waals surface area contributed by atoms with E-state index < -0.39 is 11.9 Å². The zero-order valence-electron chi connectivity index (χ0n) is 8.96. The maximum absolute atomic E-state index is 11.6. The predicted molar refractivity (Wildman–Crippen MR) is 59.3 cm³/mol. The van der Waals surface area contributed by atoms with Crippen LogP contribution in [0.4, 0.5) is 5.69 Å². The molecule has 0 bridgehead atoms. The molecule has 1 aromatic rings. The fourth-order valence-electron chi connectivity index (χ4n) is 1.84. The molecular formula is C12H10N2O3. The number of nitriles is 1. The van der Waals surface area contributed by atoms with Crippen molar-refractivity contribution in [1.29, 1.82) is 5.26 Å². The minimum atomic E-state index is -0.950. The average molecular weight is 230 g/mol. The molecule has 1 atom stereocenters. The van der Waals surface area contributed by atoms with Crippen LogP contribution in [0.2, 0.25) is 0 Å². The van der Waals surface area contributed by atoms with Crippen molar-refractivity contribution in [3.63, 3.8) is 0 Å². The van der Waals surface area contributed by atoms with Gasteiger partial charge in [-0.05, 0) is 24.3 Å². The number of aliphatic carboxylic acids is 1. The number of carboxylic acids is 1. The van der Waals surface area contributed by atoms with E-state index >= 15 is 0 Å². The minimum Gasteiger partial charge on any atom is -0.481 e. The highest BCUT2D eigenvalue weighted by atomic mass is 16.4. The number of anilines is 1. The minimum absolute atomic E-state index is 0.0370. The zero-order valence-corrected chi connectivity index (χ0v) is 8.96. The molecule has 1 unspecified atom stereocenters. The van der Waals surface area contributed by atoms with Crippen LogP contribution in [0.5, 0.6) is 0 Å². The first kappa shape index (κ1) is 11.1. The van der Waals surface area contributed by atoms with E-state index in [1.807, 2.05) is 6.07 Å². The maximum atomic E-state index is 11.6. The Morgan fingerprint density at radius 3 is 2.53 bits per heavy atom. The highest BCUT2D eigenvalue weighted by Gasteiger charge is 2.34. The van der Waals surface area contributed by atoms with Crippen LogP contribution in [-0.2, 0) is 9.59 Å². The maximum Gasteiger partial charge on any atom is 0.308 e. The molecule has 1 fully saturated rings. The van der Waals surface area contributed by atoms with Gasteiger partial charge in [-0.25, -0.2) is 0 Å². The van der Waals surface area contributed by atoms with E-state index in [1.54, 1.807) is 24.3 Å². The molecule has 0 radical (unpaired) electrons. The Morgan fingerprint density at radius 1 is 1.41 bits per heavy atom. The number of carboxylic acid groups (broad SMARTS) is 1. The summed E-state index contributed by atoms with van der Waals surface area (Å²) in [6.45, 7) is 0.195. The number of rotatable bonds is 2. The molecule has 86 valence electrons. The summed E-state index contributed by atoms with van der Waals surface area (Å²) in [5.41, 5.74) is 1.15. The van der Waals surface area contributed by atoms with Gasteiger partial charge in [0.2, 0.25) is 5.91 Å². The lowest BCUT2D eigenvalue weighted by atomic mass is 10.1. The summed E-state index contributed by atoms with van der Waals surface area (Å²) in [7, 11) is 0. The van der Waals surface area contributed by atoms with Crippen molar-refractivity contribution in [2.45, 2.75) is 6.42 Å². The van der Waals surface area contributed by atoms with Gasteiger partial charge in [0.15, 0.2) is 0 Å². The molecule has 0 aromatic heterocycles. The van der Waals surface area contributed by atoms with Crippen LogP contribution in [0.25, 0.3) is 0 Å². The number of benzene rings is 1. The van der Waals surface area contributed by atoms with Crippen molar-refractivity contribution in [1.82, 2.24) is 0 Å². The van der Waals surface area contributed by atoms with Gasteiger partial charge in [-0.1, -0.05) is 0 Å². The molecule has 5 heteroatoms. The lowest BCUT2D eigenvalue weighted by Crippen LogP contribution is -2.25. The summed E-state index contributed by atoms with van der Waals surface area (Å²) < 4.78 is 0. The lowest BCUT2D eigenvalue weighted by Gasteiger charge is -2.15.